The number of hydrogen-bond acceptors (Lipinski definition) is 8. The minimum atomic E-state index is -3.60. The van der Waals surface area contributed by atoms with Crippen LogP contribution in [0.5, 0.6) is 11.5 Å². The van der Waals surface area contributed by atoms with E-state index in [1.54, 1.807) is 43.2 Å². The Kier molecular flexibility index (Phi) is 4.59. The van der Waals surface area contributed by atoms with Crippen LogP contribution in [-0.2, 0) is 9.84 Å². The zero-order chi connectivity index (χ0) is 22.5. The Labute approximate surface area is 183 Å². The first-order chi connectivity index (χ1) is 15.4. The molecule has 0 saturated carbocycles. The maximum Gasteiger partial charge on any atom is 0.248 e. The Hall–Kier alpha value is -3.92. The zero-order valence-electron chi connectivity index (χ0n) is 17.4. The number of imidazole rings is 1. The van der Waals surface area contributed by atoms with E-state index in [2.05, 4.69) is 9.97 Å². The van der Waals surface area contributed by atoms with Gasteiger partial charge in [-0.25, -0.2) is 23.4 Å². The smallest absolute Gasteiger partial charge is 0.248 e. The second-order valence-electron chi connectivity index (χ2n) is 7.11. The highest BCUT2D eigenvalue weighted by Crippen LogP contribution is 2.36. The molecule has 0 saturated heterocycles. The molecule has 0 radical (unpaired) electrons. The van der Waals surface area contributed by atoms with Gasteiger partial charge in [0.2, 0.25) is 15.0 Å². The fourth-order valence-electron chi connectivity index (χ4n) is 3.57. The standard InChI is InChI=1S/C22H18N4O5S/c1-29-18-11-15-16(12-19(18)30-2)26(20-6-8-23-22(25-20)32(3,27)28)21(24-15)14-4-5-17-13(10-14)7-9-31-17/h4-12H,1-3H3. The minimum Gasteiger partial charge on any atom is -0.493 e. The first-order valence-electron chi connectivity index (χ1n) is 9.54. The summed E-state index contributed by atoms with van der Waals surface area (Å²) in [5.74, 6) is 1.96. The molecule has 3 heterocycles. The van der Waals surface area contributed by atoms with E-state index in [-0.39, 0.29) is 5.16 Å². The highest BCUT2D eigenvalue weighted by Gasteiger charge is 2.21. The molecule has 2 aromatic carbocycles. The van der Waals surface area contributed by atoms with E-state index in [1.807, 2.05) is 24.3 Å². The lowest BCUT2D eigenvalue weighted by Gasteiger charge is -2.11. The summed E-state index contributed by atoms with van der Waals surface area (Å²) < 4.78 is 42.3. The molecule has 0 unspecified atom stereocenters. The summed E-state index contributed by atoms with van der Waals surface area (Å²) in [7, 11) is -0.506. The van der Waals surface area contributed by atoms with Gasteiger partial charge < -0.3 is 13.9 Å². The third-order valence-electron chi connectivity index (χ3n) is 5.05. The van der Waals surface area contributed by atoms with Crippen molar-refractivity contribution in [2.75, 3.05) is 20.5 Å². The summed E-state index contributed by atoms with van der Waals surface area (Å²) in [6.45, 7) is 0. The number of benzene rings is 2. The Bertz CT molecular complexity index is 1590. The largest absolute Gasteiger partial charge is 0.493 e. The molecule has 5 aromatic rings. The van der Waals surface area contributed by atoms with Gasteiger partial charge in [-0.05, 0) is 30.3 Å². The maximum atomic E-state index is 12.1. The van der Waals surface area contributed by atoms with Crippen LogP contribution in [0, 0.1) is 0 Å². The third kappa shape index (κ3) is 3.25. The average Bonchev–Trinajstić information content (AvgIpc) is 3.41. The van der Waals surface area contributed by atoms with E-state index in [0.29, 0.717) is 34.2 Å². The molecular formula is C22H18N4O5S. The van der Waals surface area contributed by atoms with Gasteiger partial charge in [-0.1, -0.05) is 0 Å². The van der Waals surface area contributed by atoms with Crippen molar-refractivity contribution >= 4 is 31.8 Å². The van der Waals surface area contributed by atoms with Crippen molar-refractivity contribution in [1.82, 2.24) is 19.5 Å². The van der Waals surface area contributed by atoms with Gasteiger partial charge in [0.05, 0.1) is 31.5 Å². The van der Waals surface area contributed by atoms with Crippen molar-refractivity contribution in [3.05, 3.63) is 54.9 Å². The second kappa shape index (κ2) is 7.34. The number of ether oxygens (including phenoxy) is 2. The summed E-state index contributed by atoms with van der Waals surface area (Å²) in [6.07, 6.45) is 4.10. The summed E-state index contributed by atoms with van der Waals surface area (Å²) in [6, 6.07) is 12.7. The number of aromatic nitrogens is 4. The van der Waals surface area contributed by atoms with Gasteiger partial charge in [0.1, 0.15) is 17.2 Å². The molecule has 0 aliphatic carbocycles. The van der Waals surface area contributed by atoms with E-state index in [0.717, 1.165) is 22.8 Å². The van der Waals surface area contributed by atoms with Crippen LogP contribution < -0.4 is 9.47 Å². The molecule has 10 heteroatoms. The van der Waals surface area contributed by atoms with Gasteiger partial charge in [0, 0.05) is 35.5 Å². The zero-order valence-corrected chi connectivity index (χ0v) is 18.3. The number of sulfone groups is 1. The molecule has 0 amide bonds. The van der Waals surface area contributed by atoms with Crippen LogP contribution in [0.15, 0.2) is 64.5 Å². The summed E-state index contributed by atoms with van der Waals surface area (Å²) in [5.41, 5.74) is 2.85. The molecule has 0 N–H and O–H groups in total. The quantitative estimate of drug-likeness (QED) is 0.373. The number of rotatable bonds is 5. The molecule has 3 aromatic heterocycles. The van der Waals surface area contributed by atoms with Crippen molar-refractivity contribution < 1.29 is 22.3 Å². The Morgan fingerprint density at radius 3 is 2.50 bits per heavy atom. The molecule has 0 aliphatic rings. The lowest BCUT2D eigenvalue weighted by molar-refractivity contribution is 0.355. The highest BCUT2D eigenvalue weighted by molar-refractivity contribution is 7.90. The van der Waals surface area contributed by atoms with Crippen molar-refractivity contribution in [3.63, 3.8) is 0 Å². The molecule has 9 nitrogen and oxygen atoms in total. The molecule has 0 bridgehead atoms. The lowest BCUT2D eigenvalue weighted by atomic mass is 10.1. The topological polar surface area (TPSA) is 109 Å². The molecule has 5 rings (SSSR count). The van der Waals surface area contributed by atoms with Gasteiger partial charge in [0.15, 0.2) is 11.5 Å². The molecule has 0 aliphatic heterocycles. The molecule has 0 spiro atoms. The van der Waals surface area contributed by atoms with Crippen molar-refractivity contribution in [3.8, 4) is 28.7 Å². The SMILES string of the molecule is COc1cc2nc(-c3ccc4occc4c3)n(-c3ccnc(S(C)(=O)=O)n3)c2cc1OC. The van der Waals surface area contributed by atoms with E-state index in [1.165, 1.54) is 6.20 Å². The fourth-order valence-corrected chi connectivity index (χ4v) is 4.08. The van der Waals surface area contributed by atoms with Crippen LogP contribution in [0.1, 0.15) is 0 Å². The van der Waals surface area contributed by atoms with Gasteiger partial charge in [-0.3, -0.25) is 4.57 Å². The first-order valence-corrected chi connectivity index (χ1v) is 11.4. The predicted octanol–water partition coefficient (Wildman–Crippen LogP) is 3.65. The van der Waals surface area contributed by atoms with Gasteiger partial charge >= 0.3 is 0 Å². The van der Waals surface area contributed by atoms with Gasteiger partial charge in [-0.2, -0.15) is 0 Å². The van der Waals surface area contributed by atoms with Crippen LogP contribution in [0.25, 0.3) is 39.2 Å². The Morgan fingerprint density at radius 1 is 0.969 bits per heavy atom. The molecule has 162 valence electrons. The van der Waals surface area contributed by atoms with Gasteiger partial charge in [-0.15, -0.1) is 0 Å². The monoisotopic (exact) mass is 450 g/mol. The maximum absolute atomic E-state index is 12.1. The molecular weight excluding hydrogens is 432 g/mol. The van der Waals surface area contributed by atoms with Crippen LogP contribution in [-0.4, -0.2) is 48.4 Å². The number of methoxy groups -OCH3 is 2. The van der Waals surface area contributed by atoms with Gasteiger partial charge in [0.25, 0.3) is 0 Å². The van der Waals surface area contributed by atoms with Crippen LogP contribution in [0.4, 0.5) is 0 Å². The summed E-state index contributed by atoms with van der Waals surface area (Å²) >= 11 is 0. The van der Waals surface area contributed by atoms with E-state index >= 15 is 0 Å². The van der Waals surface area contributed by atoms with Crippen molar-refractivity contribution in [2.45, 2.75) is 5.16 Å². The number of nitrogens with zero attached hydrogens (tertiary/aromatic N) is 4. The number of fused-ring (bicyclic) bond motifs is 2. The Morgan fingerprint density at radius 2 is 1.75 bits per heavy atom. The second-order valence-corrected chi connectivity index (χ2v) is 9.02. The Balaban J connectivity index is 1.85. The van der Waals surface area contributed by atoms with E-state index in [4.69, 9.17) is 18.9 Å². The summed E-state index contributed by atoms with van der Waals surface area (Å²) in [5, 5.41) is 0.643. The first kappa shape index (κ1) is 20.0. The predicted molar refractivity (Wildman–Crippen MR) is 118 cm³/mol. The fraction of sp³-hybridized carbons (Fsp3) is 0.136. The number of furan rings is 1. The van der Waals surface area contributed by atoms with Crippen molar-refractivity contribution in [1.29, 1.82) is 0 Å². The highest BCUT2D eigenvalue weighted by atomic mass is 32.2. The normalized spacial score (nSPS) is 11.8. The lowest BCUT2D eigenvalue weighted by Crippen LogP contribution is -2.08. The minimum absolute atomic E-state index is 0.270. The van der Waals surface area contributed by atoms with Crippen LogP contribution in [0.2, 0.25) is 0 Å². The molecule has 0 fully saturated rings. The van der Waals surface area contributed by atoms with Crippen molar-refractivity contribution in [2.24, 2.45) is 0 Å². The average molecular weight is 450 g/mol. The number of hydrogen-bond donors (Lipinski definition) is 0. The molecule has 32 heavy (non-hydrogen) atoms. The summed E-state index contributed by atoms with van der Waals surface area (Å²) in [4.78, 5) is 13.0. The molecule has 0 atom stereocenters. The van der Waals surface area contributed by atoms with E-state index in [9.17, 15) is 8.42 Å². The van der Waals surface area contributed by atoms with E-state index < -0.39 is 9.84 Å². The van der Waals surface area contributed by atoms with Crippen LogP contribution >= 0.6 is 0 Å². The van der Waals surface area contributed by atoms with Crippen LogP contribution in [0.3, 0.4) is 0 Å². The third-order valence-corrected chi connectivity index (χ3v) is 5.91.